The van der Waals surface area contributed by atoms with Crippen molar-refractivity contribution in [2.45, 2.75) is 18.9 Å². The average molecular weight is 212 g/mol. The van der Waals surface area contributed by atoms with Crippen molar-refractivity contribution in [3.05, 3.63) is 35.9 Å². The second-order valence-corrected chi connectivity index (χ2v) is 3.36. The Morgan fingerprint density at radius 2 is 2.00 bits per heavy atom. The van der Waals surface area contributed by atoms with E-state index in [4.69, 9.17) is 0 Å². The maximum atomic E-state index is 13.8. The first-order chi connectivity index (χ1) is 7.00. The van der Waals surface area contributed by atoms with Crippen LogP contribution in [0, 0.1) is 0 Å². The van der Waals surface area contributed by atoms with Crippen LogP contribution in [0.5, 0.6) is 0 Å². The molecular weight excluding hydrogens is 199 g/mol. The zero-order valence-corrected chi connectivity index (χ0v) is 8.61. The van der Waals surface area contributed by atoms with Gasteiger partial charge in [0.2, 0.25) is 11.5 Å². The zero-order chi connectivity index (χ0) is 11.5. The molecule has 4 heteroatoms. The largest absolute Gasteiger partial charge is 0.365 e. The third-order valence-electron chi connectivity index (χ3n) is 2.17. The second kappa shape index (κ2) is 4.51. The van der Waals surface area contributed by atoms with Crippen LogP contribution in [0.15, 0.2) is 30.3 Å². The quantitative estimate of drug-likeness (QED) is 0.608. The fourth-order valence-corrected chi connectivity index (χ4v) is 1.21. The molecule has 0 heterocycles. The minimum absolute atomic E-state index is 0.207. The Bertz CT molecular complexity index is 335. The first-order valence-corrected chi connectivity index (χ1v) is 4.49. The van der Waals surface area contributed by atoms with Gasteiger partial charge in [0.15, 0.2) is 6.29 Å². The number of carbonyl (C=O) groups is 1. The number of carbonyl (C=O) groups excluding carboxylic acids is 1. The molecule has 2 atom stereocenters. The molecule has 2 unspecified atom stereocenters. The maximum absolute atomic E-state index is 13.8. The van der Waals surface area contributed by atoms with Crippen molar-refractivity contribution in [2.24, 2.45) is 0 Å². The summed E-state index contributed by atoms with van der Waals surface area (Å²) in [5.74, 6) is -0.794. The van der Waals surface area contributed by atoms with Gasteiger partial charge in [-0.15, -0.1) is 0 Å². The van der Waals surface area contributed by atoms with Crippen LogP contribution in [-0.4, -0.2) is 30.0 Å². The van der Waals surface area contributed by atoms with E-state index >= 15 is 0 Å². The summed E-state index contributed by atoms with van der Waals surface area (Å²) in [5, 5.41) is 9.20. The smallest absolute Gasteiger partial charge is 0.220 e. The lowest BCUT2D eigenvalue weighted by molar-refractivity contribution is -0.143. The van der Waals surface area contributed by atoms with Gasteiger partial charge < -0.3 is 9.84 Å². The Morgan fingerprint density at radius 1 is 1.47 bits per heavy atom. The highest BCUT2D eigenvalue weighted by molar-refractivity contribution is 6.02. The number of methoxy groups -OCH3 is 1. The van der Waals surface area contributed by atoms with E-state index in [2.05, 4.69) is 4.74 Å². The van der Waals surface area contributed by atoms with Crippen molar-refractivity contribution < 1.29 is 19.0 Å². The van der Waals surface area contributed by atoms with Gasteiger partial charge in [-0.3, -0.25) is 4.79 Å². The van der Waals surface area contributed by atoms with Gasteiger partial charge in [0.25, 0.3) is 0 Å². The molecule has 82 valence electrons. The van der Waals surface area contributed by atoms with Crippen LogP contribution in [0.1, 0.15) is 17.3 Å². The number of ether oxygens (including phenoxy) is 1. The maximum Gasteiger partial charge on any atom is 0.220 e. The first-order valence-electron chi connectivity index (χ1n) is 4.49. The summed E-state index contributed by atoms with van der Waals surface area (Å²) in [4.78, 5) is 11.7. The van der Waals surface area contributed by atoms with Crippen molar-refractivity contribution in [1.82, 2.24) is 0 Å². The van der Waals surface area contributed by atoms with E-state index in [-0.39, 0.29) is 5.56 Å². The predicted molar refractivity (Wildman–Crippen MR) is 53.3 cm³/mol. The predicted octanol–water partition coefficient (Wildman–Crippen LogP) is 1.56. The van der Waals surface area contributed by atoms with E-state index < -0.39 is 17.7 Å². The van der Waals surface area contributed by atoms with Crippen LogP contribution in [0.25, 0.3) is 0 Å². The molecule has 0 aliphatic carbocycles. The molecule has 1 N–H and O–H groups in total. The van der Waals surface area contributed by atoms with Gasteiger partial charge in [-0.1, -0.05) is 30.3 Å². The summed E-state index contributed by atoms with van der Waals surface area (Å²) in [6.07, 6.45) is -1.76. The highest BCUT2D eigenvalue weighted by Crippen LogP contribution is 2.22. The van der Waals surface area contributed by atoms with Gasteiger partial charge in [0.05, 0.1) is 0 Å². The van der Waals surface area contributed by atoms with Crippen LogP contribution in [0.4, 0.5) is 4.39 Å². The first kappa shape index (κ1) is 11.8. The Kier molecular flexibility index (Phi) is 3.55. The summed E-state index contributed by atoms with van der Waals surface area (Å²) in [6, 6.07) is 7.95. The average Bonchev–Trinajstić information content (AvgIpc) is 2.28. The number of benzene rings is 1. The number of rotatable bonds is 4. The Balaban J connectivity index is 2.94. The molecule has 0 bridgehead atoms. The summed E-state index contributed by atoms with van der Waals surface area (Å²) >= 11 is 0. The summed E-state index contributed by atoms with van der Waals surface area (Å²) < 4.78 is 18.3. The Morgan fingerprint density at radius 3 is 2.47 bits per heavy atom. The monoisotopic (exact) mass is 212 g/mol. The van der Waals surface area contributed by atoms with Gasteiger partial charge in [0, 0.05) is 12.7 Å². The summed E-state index contributed by atoms with van der Waals surface area (Å²) in [7, 11) is 1.14. The highest BCUT2D eigenvalue weighted by atomic mass is 19.1. The highest BCUT2D eigenvalue weighted by Gasteiger charge is 2.41. The number of aliphatic hydroxyl groups excluding tert-OH is 1. The number of halogens is 1. The van der Waals surface area contributed by atoms with Crippen molar-refractivity contribution >= 4 is 5.78 Å². The molecule has 3 nitrogen and oxygen atoms in total. The zero-order valence-electron chi connectivity index (χ0n) is 8.61. The second-order valence-electron chi connectivity index (χ2n) is 3.36. The van der Waals surface area contributed by atoms with E-state index in [1.165, 1.54) is 12.1 Å². The molecule has 0 aliphatic heterocycles. The van der Waals surface area contributed by atoms with Gasteiger partial charge in [-0.25, -0.2) is 4.39 Å². The number of hydrogen-bond donors (Lipinski definition) is 1. The molecule has 1 rings (SSSR count). The van der Waals surface area contributed by atoms with Crippen LogP contribution >= 0.6 is 0 Å². The molecule has 0 aromatic heterocycles. The topological polar surface area (TPSA) is 46.5 Å². The molecule has 0 aliphatic rings. The van der Waals surface area contributed by atoms with Crippen LogP contribution in [0.2, 0.25) is 0 Å². The lowest BCUT2D eigenvalue weighted by Crippen LogP contribution is -2.43. The molecule has 0 spiro atoms. The number of alkyl halides is 1. The SMILES string of the molecule is COC(O)C(C)(F)C(=O)c1ccccc1. The lowest BCUT2D eigenvalue weighted by Gasteiger charge is -2.23. The van der Waals surface area contributed by atoms with Crippen LogP contribution in [-0.2, 0) is 4.74 Å². The number of Topliss-reactive ketones (excluding diaryl/α,β-unsaturated/α-hetero) is 1. The van der Waals surface area contributed by atoms with E-state index in [9.17, 15) is 14.3 Å². The third kappa shape index (κ3) is 2.40. The normalized spacial score (nSPS) is 16.8. The van der Waals surface area contributed by atoms with Crippen molar-refractivity contribution in [1.29, 1.82) is 0 Å². The minimum Gasteiger partial charge on any atom is -0.365 e. The molecule has 0 amide bonds. The molecule has 1 aromatic rings. The fourth-order valence-electron chi connectivity index (χ4n) is 1.21. The van der Waals surface area contributed by atoms with Crippen molar-refractivity contribution in [3.63, 3.8) is 0 Å². The Labute approximate surface area is 87.5 Å². The third-order valence-corrected chi connectivity index (χ3v) is 2.17. The number of aliphatic hydroxyl groups is 1. The van der Waals surface area contributed by atoms with Crippen molar-refractivity contribution in [2.75, 3.05) is 7.11 Å². The standard InChI is InChI=1S/C11H13FO3/c1-11(12,10(14)15-2)9(13)8-6-4-3-5-7-8/h3-7,10,14H,1-2H3. The lowest BCUT2D eigenvalue weighted by atomic mass is 9.96. The number of ketones is 1. The molecule has 0 fully saturated rings. The van der Waals surface area contributed by atoms with Gasteiger partial charge in [0.1, 0.15) is 0 Å². The number of hydrogen-bond acceptors (Lipinski definition) is 3. The van der Waals surface area contributed by atoms with E-state index in [1.54, 1.807) is 18.2 Å². The molecule has 15 heavy (non-hydrogen) atoms. The van der Waals surface area contributed by atoms with Gasteiger partial charge >= 0.3 is 0 Å². The Hall–Kier alpha value is -1.26. The molecular formula is C11H13FO3. The van der Waals surface area contributed by atoms with Crippen molar-refractivity contribution in [3.8, 4) is 0 Å². The summed E-state index contributed by atoms with van der Waals surface area (Å²) in [5.41, 5.74) is -2.23. The van der Waals surface area contributed by atoms with Gasteiger partial charge in [-0.2, -0.15) is 0 Å². The van der Waals surface area contributed by atoms with E-state index in [0.717, 1.165) is 14.0 Å². The molecule has 0 radical (unpaired) electrons. The van der Waals surface area contributed by atoms with E-state index in [0.29, 0.717) is 0 Å². The van der Waals surface area contributed by atoms with E-state index in [1.807, 2.05) is 0 Å². The minimum atomic E-state index is -2.43. The molecule has 0 saturated carbocycles. The van der Waals surface area contributed by atoms with Crippen LogP contribution in [0.3, 0.4) is 0 Å². The van der Waals surface area contributed by atoms with Gasteiger partial charge in [-0.05, 0) is 6.92 Å². The van der Waals surface area contributed by atoms with Crippen LogP contribution < -0.4 is 0 Å². The molecule has 1 aromatic carbocycles. The fraction of sp³-hybridized carbons (Fsp3) is 0.364. The molecule has 0 saturated heterocycles. The summed E-state index contributed by atoms with van der Waals surface area (Å²) in [6.45, 7) is 0.997.